The predicted molar refractivity (Wildman–Crippen MR) is 57.4 cm³/mol. The summed E-state index contributed by atoms with van der Waals surface area (Å²) in [5.74, 6) is -2.92. The quantitative estimate of drug-likeness (QED) is 0.501. The molecule has 0 atom stereocenters. The summed E-state index contributed by atoms with van der Waals surface area (Å²) in [6.45, 7) is 0. The van der Waals surface area contributed by atoms with E-state index in [4.69, 9.17) is 10.2 Å². The molecule has 0 radical (unpaired) electrons. The van der Waals surface area contributed by atoms with E-state index >= 15 is 0 Å². The van der Waals surface area contributed by atoms with Crippen molar-refractivity contribution in [3.8, 4) is 0 Å². The van der Waals surface area contributed by atoms with Gasteiger partial charge in [-0.25, -0.2) is 9.59 Å². The van der Waals surface area contributed by atoms with Crippen LogP contribution in [0.1, 0.15) is 5.56 Å². The van der Waals surface area contributed by atoms with Crippen LogP contribution >= 0.6 is 15.9 Å². The van der Waals surface area contributed by atoms with Crippen molar-refractivity contribution in [3.63, 3.8) is 0 Å². The Morgan fingerprint density at radius 1 is 1.13 bits per heavy atom. The normalized spacial score (nSPS) is 9.40. The molecule has 0 spiro atoms. The summed E-state index contributed by atoms with van der Waals surface area (Å²) in [4.78, 5) is 21.2. The molecule has 0 aliphatic carbocycles. The van der Waals surface area contributed by atoms with Gasteiger partial charge in [-0.05, 0) is 17.7 Å². The van der Waals surface area contributed by atoms with Gasteiger partial charge >= 0.3 is 11.9 Å². The Bertz CT molecular complexity index is 421. The van der Waals surface area contributed by atoms with Crippen molar-refractivity contribution in [2.24, 2.45) is 0 Å². The fraction of sp³-hybridized carbons (Fsp3) is 0. The van der Waals surface area contributed by atoms with Crippen molar-refractivity contribution >= 4 is 33.9 Å². The number of carboxylic acid groups (broad SMARTS) is 2. The number of rotatable bonds is 3. The molecule has 2 N–H and O–H groups in total. The highest BCUT2D eigenvalue weighted by molar-refractivity contribution is 9.10. The second kappa shape index (κ2) is 4.75. The molecule has 0 heterocycles. The number of carboxylic acids is 2. The van der Waals surface area contributed by atoms with E-state index < -0.39 is 17.5 Å². The molecule has 0 amide bonds. The van der Waals surface area contributed by atoms with Crippen molar-refractivity contribution < 1.29 is 19.8 Å². The number of benzene rings is 1. The summed E-state index contributed by atoms with van der Waals surface area (Å²) in [6.07, 6.45) is 1.11. The zero-order valence-corrected chi connectivity index (χ0v) is 9.06. The van der Waals surface area contributed by atoms with E-state index in [-0.39, 0.29) is 0 Å². The van der Waals surface area contributed by atoms with Crippen LogP contribution in [0.2, 0.25) is 0 Å². The Morgan fingerprint density at radius 2 is 1.67 bits per heavy atom. The van der Waals surface area contributed by atoms with Gasteiger partial charge in [-0.3, -0.25) is 0 Å². The molecular weight excluding hydrogens is 264 g/mol. The zero-order valence-electron chi connectivity index (χ0n) is 7.48. The fourth-order valence-electron chi connectivity index (χ4n) is 0.963. The average molecular weight is 271 g/mol. The fourth-order valence-corrected chi connectivity index (χ4v) is 1.36. The van der Waals surface area contributed by atoms with E-state index in [1.807, 2.05) is 0 Å². The maximum absolute atomic E-state index is 10.6. The van der Waals surface area contributed by atoms with Crippen molar-refractivity contribution in [2.45, 2.75) is 0 Å². The first-order valence-electron chi connectivity index (χ1n) is 3.95. The third-order valence-electron chi connectivity index (χ3n) is 1.67. The molecule has 1 aromatic carbocycles. The Balaban J connectivity index is 3.19. The first-order valence-corrected chi connectivity index (χ1v) is 4.74. The van der Waals surface area contributed by atoms with Crippen molar-refractivity contribution in [1.82, 2.24) is 0 Å². The van der Waals surface area contributed by atoms with E-state index in [0.29, 0.717) is 10.0 Å². The maximum atomic E-state index is 10.6. The Morgan fingerprint density at radius 3 is 2.13 bits per heavy atom. The lowest BCUT2D eigenvalue weighted by molar-refractivity contribution is -0.139. The smallest absolute Gasteiger partial charge is 0.343 e. The number of carbonyl (C=O) groups is 2. The molecule has 78 valence electrons. The first-order chi connectivity index (χ1) is 7.02. The molecule has 0 aliphatic rings. The molecule has 15 heavy (non-hydrogen) atoms. The maximum Gasteiger partial charge on any atom is 0.343 e. The van der Waals surface area contributed by atoms with Crippen LogP contribution in [0.25, 0.3) is 6.08 Å². The van der Waals surface area contributed by atoms with Crippen LogP contribution in [0.3, 0.4) is 0 Å². The molecule has 4 nitrogen and oxygen atoms in total. The van der Waals surface area contributed by atoms with E-state index in [1.165, 1.54) is 0 Å². The third-order valence-corrected chi connectivity index (χ3v) is 2.39. The lowest BCUT2D eigenvalue weighted by atomic mass is 10.1. The van der Waals surface area contributed by atoms with Gasteiger partial charge in [0.1, 0.15) is 5.57 Å². The Kier molecular flexibility index (Phi) is 3.62. The van der Waals surface area contributed by atoms with Gasteiger partial charge in [0, 0.05) is 4.47 Å². The molecule has 0 aromatic heterocycles. The summed E-state index contributed by atoms with van der Waals surface area (Å²) >= 11 is 3.19. The van der Waals surface area contributed by atoms with Crippen LogP contribution in [-0.4, -0.2) is 22.2 Å². The minimum absolute atomic E-state index is 0.511. The summed E-state index contributed by atoms with van der Waals surface area (Å²) in [6, 6.07) is 6.77. The molecule has 1 aromatic rings. The van der Waals surface area contributed by atoms with Gasteiger partial charge < -0.3 is 10.2 Å². The molecule has 0 unspecified atom stereocenters. The molecule has 5 heteroatoms. The monoisotopic (exact) mass is 270 g/mol. The molecule has 0 fully saturated rings. The van der Waals surface area contributed by atoms with Crippen molar-refractivity contribution in [2.75, 3.05) is 0 Å². The second-order valence-corrected chi connectivity index (χ2v) is 3.54. The topological polar surface area (TPSA) is 74.6 Å². The minimum atomic E-state index is -1.46. The van der Waals surface area contributed by atoms with Crippen LogP contribution in [0.5, 0.6) is 0 Å². The summed E-state index contributed by atoms with van der Waals surface area (Å²) in [5.41, 5.74) is -0.154. The van der Waals surface area contributed by atoms with E-state index in [2.05, 4.69) is 15.9 Å². The second-order valence-electron chi connectivity index (χ2n) is 2.69. The Hall–Kier alpha value is -1.62. The minimum Gasteiger partial charge on any atom is -0.477 e. The highest BCUT2D eigenvalue weighted by Crippen LogP contribution is 2.19. The van der Waals surface area contributed by atoms with Crippen LogP contribution in [0.4, 0.5) is 0 Å². The number of hydrogen-bond donors (Lipinski definition) is 2. The van der Waals surface area contributed by atoms with Gasteiger partial charge in [-0.15, -0.1) is 0 Å². The van der Waals surface area contributed by atoms with Gasteiger partial charge in [0.25, 0.3) is 0 Å². The highest BCUT2D eigenvalue weighted by Gasteiger charge is 2.16. The molecule has 0 saturated carbocycles. The summed E-state index contributed by atoms with van der Waals surface area (Å²) in [7, 11) is 0. The van der Waals surface area contributed by atoms with Gasteiger partial charge in [-0.1, -0.05) is 34.1 Å². The summed E-state index contributed by atoms with van der Waals surface area (Å²) < 4.78 is 0.644. The number of halogens is 1. The van der Waals surface area contributed by atoms with Gasteiger partial charge in [0.15, 0.2) is 0 Å². The van der Waals surface area contributed by atoms with Crippen molar-refractivity contribution in [3.05, 3.63) is 39.9 Å². The van der Waals surface area contributed by atoms with Gasteiger partial charge in [-0.2, -0.15) is 0 Å². The van der Waals surface area contributed by atoms with Crippen LogP contribution < -0.4 is 0 Å². The van der Waals surface area contributed by atoms with E-state index in [1.54, 1.807) is 24.3 Å². The van der Waals surface area contributed by atoms with Crippen LogP contribution in [0, 0.1) is 0 Å². The van der Waals surface area contributed by atoms with Crippen LogP contribution in [-0.2, 0) is 9.59 Å². The Labute approximate surface area is 94.0 Å². The van der Waals surface area contributed by atoms with Gasteiger partial charge in [0.2, 0.25) is 0 Å². The largest absolute Gasteiger partial charge is 0.477 e. The lowest BCUT2D eigenvalue weighted by Gasteiger charge is -1.99. The SMILES string of the molecule is O=C(O)C(=Cc1ccccc1Br)C(=O)O. The van der Waals surface area contributed by atoms with Crippen LogP contribution in [0.15, 0.2) is 34.3 Å². The number of hydrogen-bond acceptors (Lipinski definition) is 2. The third kappa shape index (κ3) is 2.92. The van der Waals surface area contributed by atoms with E-state index in [0.717, 1.165) is 6.08 Å². The van der Waals surface area contributed by atoms with E-state index in [9.17, 15) is 9.59 Å². The summed E-state index contributed by atoms with van der Waals surface area (Å²) in [5, 5.41) is 17.3. The molecule has 0 saturated heterocycles. The first kappa shape index (κ1) is 11.5. The average Bonchev–Trinajstić information content (AvgIpc) is 2.15. The number of aliphatic carboxylic acids is 2. The van der Waals surface area contributed by atoms with Crippen molar-refractivity contribution in [1.29, 1.82) is 0 Å². The molecule has 1 rings (SSSR count). The highest BCUT2D eigenvalue weighted by atomic mass is 79.9. The molecule has 0 bridgehead atoms. The standard InChI is InChI=1S/C10H7BrO4/c11-8-4-2-1-3-6(8)5-7(9(12)13)10(14)15/h1-5H,(H,12,13)(H,14,15). The predicted octanol–water partition coefficient (Wildman–Crippen LogP) is 2.00. The molecule has 0 aliphatic heterocycles. The zero-order chi connectivity index (χ0) is 11.4. The van der Waals surface area contributed by atoms with Gasteiger partial charge in [0.05, 0.1) is 0 Å². The molecular formula is C10H7BrO4. The lowest BCUT2D eigenvalue weighted by Crippen LogP contribution is -2.10.